The molecule has 0 aromatic heterocycles. The fourth-order valence-corrected chi connectivity index (χ4v) is 1.84. The predicted octanol–water partition coefficient (Wildman–Crippen LogP) is 0.935. The van der Waals surface area contributed by atoms with E-state index in [9.17, 15) is 14.7 Å². The van der Waals surface area contributed by atoms with Crippen molar-refractivity contribution in [3.63, 3.8) is 0 Å². The van der Waals surface area contributed by atoms with Crippen molar-refractivity contribution in [3.05, 3.63) is 29.8 Å². The van der Waals surface area contributed by atoms with Crippen LogP contribution in [0, 0.1) is 0 Å². The van der Waals surface area contributed by atoms with Gasteiger partial charge in [0.2, 0.25) is 5.91 Å². The average molecular weight is 280 g/mol. The van der Waals surface area contributed by atoms with Crippen molar-refractivity contribution in [3.8, 4) is 5.75 Å². The van der Waals surface area contributed by atoms with E-state index < -0.39 is 12.0 Å². The van der Waals surface area contributed by atoms with Gasteiger partial charge in [-0.1, -0.05) is 12.1 Å². The van der Waals surface area contributed by atoms with Gasteiger partial charge in [-0.2, -0.15) is 0 Å². The number of amides is 1. The Bertz CT molecular complexity index is 459. The standard InChI is InChI=1S/C14H20N2O4/c1-9(16-10(2)17)8-15-13(14(18)19)11-4-6-12(20-3)7-5-11/h4-7,9,13,15H,8H2,1-3H3,(H,16,17)(H,18,19). The number of carbonyl (C=O) groups excluding carboxylic acids is 1. The van der Waals surface area contributed by atoms with Crippen LogP contribution in [0.2, 0.25) is 0 Å². The summed E-state index contributed by atoms with van der Waals surface area (Å²) >= 11 is 0. The summed E-state index contributed by atoms with van der Waals surface area (Å²) in [6.07, 6.45) is 0. The number of nitrogens with one attached hydrogen (secondary N) is 2. The number of hydrogen-bond acceptors (Lipinski definition) is 4. The summed E-state index contributed by atoms with van der Waals surface area (Å²) in [5, 5.41) is 14.9. The highest BCUT2D eigenvalue weighted by atomic mass is 16.5. The van der Waals surface area contributed by atoms with Crippen molar-refractivity contribution in [2.24, 2.45) is 0 Å². The molecule has 0 aliphatic carbocycles. The van der Waals surface area contributed by atoms with Crippen molar-refractivity contribution in [2.75, 3.05) is 13.7 Å². The highest BCUT2D eigenvalue weighted by molar-refractivity contribution is 5.75. The molecule has 0 aliphatic rings. The minimum Gasteiger partial charge on any atom is -0.497 e. The second-order valence-electron chi connectivity index (χ2n) is 4.55. The third-order valence-electron chi connectivity index (χ3n) is 2.77. The summed E-state index contributed by atoms with van der Waals surface area (Å²) in [5.41, 5.74) is 0.633. The van der Waals surface area contributed by atoms with Gasteiger partial charge in [-0.25, -0.2) is 0 Å². The molecular weight excluding hydrogens is 260 g/mol. The molecule has 0 aliphatic heterocycles. The lowest BCUT2D eigenvalue weighted by Crippen LogP contribution is -2.41. The molecule has 0 heterocycles. The second-order valence-corrected chi connectivity index (χ2v) is 4.55. The molecule has 6 nitrogen and oxygen atoms in total. The Labute approximate surface area is 118 Å². The van der Waals surface area contributed by atoms with Gasteiger partial charge in [0.15, 0.2) is 0 Å². The predicted molar refractivity (Wildman–Crippen MR) is 74.7 cm³/mol. The molecule has 0 bridgehead atoms. The van der Waals surface area contributed by atoms with E-state index in [0.29, 0.717) is 17.9 Å². The zero-order valence-electron chi connectivity index (χ0n) is 11.8. The van der Waals surface area contributed by atoms with Crippen molar-refractivity contribution in [2.45, 2.75) is 25.9 Å². The first kappa shape index (κ1) is 16.0. The molecule has 0 spiro atoms. The number of carboxylic acid groups (broad SMARTS) is 1. The van der Waals surface area contributed by atoms with Crippen LogP contribution in [-0.2, 0) is 9.59 Å². The second kappa shape index (κ2) is 7.49. The molecule has 1 aromatic carbocycles. The number of carboxylic acids is 1. The maximum atomic E-state index is 11.3. The summed E-state index contributed by atoms with van der Waals surface area (Å²) < 4.78 is 5.04. The molecule has 0 saturated carbocycles. The minimum absolute atomic E-state index is 0.143. The lowest BCUT2D eigenvalue weighted by Gasteiger charge is -2.19. The molecule has 1 amide bonds. The molecule has 20 heavy (non-hydrogen) atoms. The number of aliphatic carboxylic acids is 1. The minimum atomic E-state index is -0.967. The quantitative estimate of drug-likeness (QED) is 0.691. The fourth-order valence-electron chi connectivity index (χ4n) is 1.84. The van der Waals surface area contributed by atoms with Crippen molar-refractivity contribution < 1.29 is 19.4 Å². The number of rotatable bonds is 7. The first-order chi connectivity index (χ1) is 9.43. The van der Waals surface area contributed by atoms with E-state index >= 15 is 0 Å². The Balaban J connectivity index is 2.68. The summed E-state index contributed by atoms with van der Waals surface area (Å²) in [4.78, 5) is 22.2. The smallest absolute Gasteiger partial charge is 0.325 e. The molecule has 1 aromatic rings. The zero-order chi connectivity index (χ0) is 15.1. The lowest BCUT2D eigenvalue weighted by atomic mass is 10.1. The maximum Gasteiger partial charge on any atom is 0.325 e. The highest BCUT2D eigenvalue weighted by Crippen LogP contribution is 2.17. The SMILES string of the molecule is COc1ccc(C(NCC(C)NC(C)=O)C(=O)O)cc1. The van der Waals surface area contributed by atoms with E-state index in [1.165, 1.54) is 6.92 Å². The van der Waals surface area contributed by atoms with Crippen LogP contribution in [0.3, 0.4) is 0 Å². The Morgan fingerprint density at radius 2 is 1.90 bits per heavy atom. The average Bonchev–Trinajstić information content (AvgIpc) is 2.38. The van der Waals surface area contributed by atoms with Gasteiger partial charge in [0, 0.05) is 19.5 Å². The van der Waals surface area contributed by atoms with E-state index in [-0.39, 0.29) is 11.9 Å². The number of methoxy groups -OCH3 is 1. The molecular formula is C14H20N2O4. The lowest BCUT2D eigenvalue weighted by molar-refractivity contribution is -0.139. The largest absolute Gasteiger partial charge is 0.497 e. The monoisotopic (exact) mass is 280 g/mol. The van der Waals surface area contributed by atoms with Crippen LogP contribution >= 0.6 is 0 Å². The third kappa shape index (κ3) is 4.89. The van der Waals surface area contributed by atoms with Crippen molar-refractivity contribution >= 4 is 11.9 Å². The van der Waals surface area contributed by atoms with E-state index in [2.05, 4.69) is 10.6 Å². The van der Waals surface area contributed by atoms with Crippen LogP contribution in [0.15, 0.2) is 24.3 Å². The van der Waals surface area contributed by atoms with Crippen LogP contribution in [0.5, 0.6) is 5.75 Å². The summed E-state index contributed by atoms with van der Waals surface area (Å²) in [6, 6.07) is 5.86. The number of ether oxygens (including phenoxy) is 1. The molecule has 1 rings (SSSR count). The number of carbonyl (C=O) groups is 2. The fraction of sp³-hybridized carbons (Fsp3) is 0.429. The van der Waals surface area contributed by atoms with E-state index in [4.69, 9.17) is 4.74 Å². The van der Waals surface area contributed by atoms with Gasteiger partial charge < -0.3 is 15.2 Å². The molecule has 0 fully saturated rings. The summed E-state index contributed by atoms with van der Waals surface area (Å²) in [6.45, 7) is 3.60. The van der Waals surface area contributed by atoms with Gasteiger partial charge in [0.25, 0.3) is 0 Å². The first-order valence-electron chi connectivity index (χ1n) is 6.31. The van der Waals surface area contributed by atoms with Crippen molar-refractivity contribution in [1.29, 1.82) is 0 Å². The summed E-state index contributed by atoms with van der Waals surface area (Å²) in [7, 11) is 1.55. The van der Waals surface area contributed by atoms with E-state index in [0.717, 1.165) is 0 Å². The van der Waals surface area contributed by atoms with Gasteiger partial charge in [0.05, 0.1) is 7.11 Å². The zero-order valence-corrected chi connectivity index (χ0v) is 11.8. The molecule has 3 N–H and O–H groups in total. The van der Waals surface area contributed by atoms with Crippen molar-refractivity contribution in [1.82, 2.24) is 10.6 Å². The maximum absolute atomic E-state index is 11.3. The van der Waals surface area contributed by atoms with Gasteiger partial charge in [-0.3, -0.25) is 14.9 Å². The highest BCUT2D eigenvalue weighted by Gasteiger charge is 2.20. The Kier molecular flexibility index (Phi) is 5.99. The normalized spacial score (nSPS) is 13.3. The first-order valence-corrected chi connectivity index (χ1v) is 6.31. The number of benzene rings is 1. The Hall–Kier alpha value is -2.08. The van der Waals surface area contributed by atoms with Crippen LogP contribution in [0.4, 0.5) is 0 Å². The molecule has 0 saturated heterocycles. The van der Waals surface area contributed by atoms with Gasteiger partial charge >= 0.3 is 5.97 Å². The van der Waals surface area contributed by atoms with Crippen LogP contribution < -0.4 is 15.4 Å². The van der Waals surface area contributed by atoms with Crippen LogP contribution in [-0.4, -0.2) is 36.7 Å². The number of hydrogen-bond donors (Lipinski definition) is 3. The molecule has 110 valence electrons. The molecule has 2 atom stereocenters. The van der Waals surface area contributed by atoms with E-state index in [1.54, 1.807) is 38.3 Å². The molecule has 0 radical (unpaired) electrons. The topological polar surface area (TPSA) is 87.7 Å². The summed E-state index contributed by atoms with van der Waals surface area (Å²) in [5.74, 6) is -0.440. The van der Waals surface area contributed by atoms with Gasteiger partial charge in [-0.05, 0) is 24.6 Å². The Morgan fingerprint density at radius 1 is 1.30 bits per heavy atom. The third-order valence-corrected chi connectivity index (χ3v) is 2.77. The Morgan fingerprint density at radius 3 is 2.35 bits per heavy atom. The molecule has 2 unspecified atom stereocenters. The van der Waals surface area contributed by atoms with E-state index in [1.807, 2.05) is 0 Å². The van der Waals surface area contributed by atoms with Gasteiger partial charge in [-0.15, -0.1) is 0 Å². The molecule has 6 heteroatoms. The van der Waals surface area contributed by atoms with Crippen LogP contribution in [0.25, 0.3) is 0 Å². The van der Waals surface area contributed by atoms with Crippen LogP contribution in [0.1, 0.15) is 25.5 Å². The van der Waals surface area contributed by atoms with Gasteiger partial charge in [0.1, 0.15) is 11.8 Å².